The largest absolute Gasteiger partial charge is 0.494 e. The highest BCUT2D eigenvalue weighted by atomic mass is 16.5. The van der Waals surface area contributed by atoms with Gasteiger partial charge in [0.1, 0.15) is 5.75 Å². The van der Waals surface area contributed by atoms with Crippen LogP contribution in [0.4, 0.5) is 5.69 Å². The number of hydrogen-bond donors (Lipinski definition) is 1. The second-order valence-electron chi connectivity index (χ2n) is 5.39. The third kappa shape index (κ3) is 5.43. The maximum absolute atomic E-state index is 11.9. The molecule has 0 aliphatic heterocycles. The molecule has 1 amide bonds. The number of carbonyl (C=O) groups excluding carboxylic acids is 2. The molecule has 0 spiro atoms. The maximum Gasteiger partial charge on any atom is 0.337 e. The smallest absolute Gasteiger partial charge is 0.337 e. The van der Waals surface area contributed by atoms with E-state index in [0.29, 0.717) is 30.7 Å². The van der Waals surface area contributed by atoms with Gasteiger partial charge in [-0.15, -0.1) is 0 Å². The van der Waals surface area contributed by atoms with Crippen LogP contribution in [0.5, 0.6) is 5.75 Å². The minimum Gasteiger partial charge on any atom is -0.494 e. The lowest BCUT2D eigenvalue weighted by Gasteiger charge is -2.08. The van der Waals surface area contributed by atoms with Crippen LogP contribution in [0.25, 0.3) is 0 Å². The Hall–Kier alpha value is -2.82. The lowest BCUT2D eigenvalue weighted by Crippen LogP contribution is -2.13. The van der Waals surface area contributed by atoms with E-state index in [1.807, 2.05) is 31.2 Å². The van der Waals surface area contributed by atoms with Gasteiger partial charge in [-0.05, 0) is 43.7 Å². The third-order valence-electron chi connectivity index (χ3n) is 3.41. The number of amides is 1. The molecule has 24 heavy (non-hydrogen) atoms. The van der Waals surface area contributed by atoms with Crippen molar-refractivity contribution in [3.8, 4) is 5.75 Å². The zero-order valence-electron chi connectivity index (χ0n) is 13.9. The van der Waals surface area contributed by atoms with Crippen LogP contribution < -0.4 is 10.1 Å². The molecule has 2 rings (SSSR count). The van der Waals surface area contributed by atoms with E-state index in [4.69, 9.17) is 4.74 Å². The van der Waals surface area contributed by atoms with E-state index in [1.165, 1.54) is 12.7 Å². The fourth-order valence-electron chi connectivity index (χ4n) is 2.12. The number of anilines is 1. The molecule has 2 aromatic carbocycles. The second kappa shape index (κ2) is 8.72. The first-order valence-electron chi connectivity index (χ1n) is 7.76. The van der Waals surface area contributed by atoms with Crippen LogP contribution in [0.3, 0.4) is 0 Å². The highest BCUT2D eigenvalue weighted by Crippen LogP contribution is 2.13. The van der Waals surface area contributed by atoms with Crippen LogP contribution in [0.2, 0.25) is 0 Å². The van der Waals surface area contributed by atoms with Crippen molar-refractivity contribution in [3.63, 3.8) is 0 Å². The summed E-state index contributed by atoms with van der Waals surface area (Å²) in [6.07, 6.45) is 0.949. The highest BCUT2D eigenvalue weighted by Gasteiger charge is 2.07. The Balaban J connectivity index is 1.75. The van der Waals surface area contributed by atoms with E-state index < -0.39 is 5.97 Å². The fourth-order valence-corrected chi connectivity index (χ4v) is 2.12. The highest BCUT2D eigenvalue weighted by molar-refractivity contribution is 5.94. The number of methoxy groups -OCH3 is 1. The Bertz CT molecular complexity index is 695. The fraction of sp³-hybridized carbons (Fsp3) is 0.263. The molecule has 0 fully saturated rings. The Labute approximate surface area is 141 Å². The lowest BCUT2D eigenvalue weighted by atomic mass is 10.2. The van der Waals surface area contributed by atoms with E-state index in [0.717, 1.165) is 5.75 Å². The molecule has 0 atom stereocenters. The van der Waals surface area contributed by atoms with Gasteiger partial charge in [0.15, 0.2) is 0 Å². The summed E-state index contributed by atoms with van der Waals surface area (Å²) >= 11 is 0. The molecule has 0 aliphatic carbocycles. The number of benzene rings is 2. The van der Waals surface area contributed by atoms with Crippen LogP contribution in [-0.4, -0.2) is 25.6 Å². The van der Waals surface area contributed by atoms with Gasteiger partial charge in [0.2, 0.25) is 5.91 Å². The van der Waals surface area contributed by atoms with Crippen LogP contribution in [0.15, 0.2) is 48.5 Å². The average Bonchev–Trinajstić information content (AvgIpc) is 2.60. The first-order chi connectivity index (χ1) is 11.6. The van der Waals surface area contributed by atoms with Crippen molar-refractivity contribution in [2.24, 2.45) is 0 Å². The van der Waals surface area contributed by atoms with E-state index in [9.17, 15) is 9.59 Å². The summed E-state index contributed by atoms with van der Waals surface area (Å²) in [5.74, 6) is 0.244. The number of nitrogens with one attached hydrogen (secondary N) is 1. The first-order valence-corrected chi connectivity index (χ1v) is 7.76. The molecule has 5 heteroatoms. The van der Waals surface area contributed by atoms with E-state index >= 15 is 0 Å². The molecule has 0 aromatic heterocycles. The molecule has 0 aliphatic rings. The summed E-state index contributed by atoms with van der Waals surface area (Å²) < 4.78 is 10.2. The quantitative estimate of drug-likeness (QED) is 0.623. The first kappa shape index (κ1) is 17.5. The van der Waals surface area contributed by atoms with Crippen LogP contribution in [0, 0.1) is 6.92 Å². The molecule has 0 bridgehead atoms. The molecule has 0 radical (unpaired) electrons. The molecular formula is C19H21NO4. The summed E-state index contributed by atoms with van der Waals surface area (Å²) in [7, 11) is 1.32. The zero-order chi connectivity index (χ0) is 17.4. The SMILES string of the molecule is COC(=O)c1cccc(NC(=O)CCCOc2ccc(C)cc2)c1. The van der Waals surface area contributed by atoms with Gasteiger partial charge in [-0.25, -0.2) is 4.79 Å². The third-order valence-corrected chi connectivity index (χ3v) is 3.41. The molecule has 1 N–H and O–H groups in total. The monoisotopic (exact) mass is 327 g/mol. The topological polar surface area (TPSA) is 64.6 Å². The number of hydrogen-bond acceptors (Lipinski definition) is 4. The maximum atomic E-state index is 11.9. The minimum absolute atomic E-state index is 0.121. The van der Waals surface area contributed by atoms with Crippen molar-refractivity contribution in [1.82, 2.24) is 0 Å². The predicted molar refractivity (Wildman–Crippen MR) is 92.3 cm³/mol. The molecule has 2 aromatic rings. The van der Waals surface area contributed by atoms with E-state index in [2.05, 4.69) is 10.1 Å². The summed E-state index contributed by atoms with van der Waals surface area (Å²) in [5, 5.41) is 2.77. The number of aryl methyl sites for hydroxylation is 1. The zero-order valence-corrected chi connectivity index (χ0v) is 13.9. The predicted octanol–water partition coefficient (Wildman–Crippen LogP) is 3.58. The van der Waals surface area contributed by atoms with Gasteiger partial charge in [-0.2, -0.15) is 0 Å². The minimum atomic E-state index is -0.433. The number of rotatable bonds is 7. The Morgan fingerprint density at radius 1 is 1.08 bits per heavy atom. The van der Waals surface area contributed by atoms with Crippen molar-refractivity contribution in [3.05, 3.63) is 59.7 Å². The van der Waals surface area contributed by atoms with Crippen molar-refractivity contribution >= 4 is 17.6 Å². The van der Waals surface area contributed by atoms with Crippen LogP contribution in [-0.2, 0) is 9.53 Å². The van der Waals surface area contributed by atoms with Gasteiger partial charge in [0.25, 0.3) is 0 Å². The average molecular weight is 327 g/mol. The standard InChI is InChI=1S/C19H21NO4/c1-14-8-10-17(11-9-14)24-12-4-7-18(21)20-16-6-3-5-15(13-16)19(22)23-2/h3,5-6,8-11,13H,4,7,12H2,1-2H3,(H,20,21). The van der Waals surface area contributed by atoms with Crippen molar-refractivity contribution < 1.29 is 19.1 Å². The summed E-state index contributed by atoms with van der Waals surface area (Å²) in [4.78, 5) is 23.4. The molecule has 0 saturated carbocycles. The number of ether oxygens (including phenoxy) is 2. The van der Waals surface area contributed by atoms with Gasteiger partial charge in [0.05, 0.1) is 19.3 Å². The normalized spacial score (nSPS) is 10.1. The number of esters is 1. The van der Waals surface area contributed by atoms with Gasteiger partial charge in [-0.3, -0.25) is 4.79 Å². The van der Waals surface area contributed by atoms with Crippen molar-refractivity contribution in [2.75, 3.05) is 19.0 Å². The molecule has 0 heterocycles. The van der Waals surface area contributed by atoms with Gasteiger partial charge in [0, 0.05) is 12.1 Å². The molecule has 0 unspecified atom stereocenters. The second-order valence-corrected chi connectivity index (χ2v) is 5.39. The summed E-state index contributed by atoms with van der Waals surface area (Å²) in [6, 6.07) is 14.4. The Morgan fingerprint density at radius 3 is 2.54 bits per heavy atom. The molecule has 126 valence electrons. The molecular weight excluding hydrogens is 306 g/mol. The van der Waals surface area contributed by atoms with Gasteiger partial charge in [-0.1, -0.05) is 23.8 Å². The Morgan fingerprint density at radius 2 is 1.83 bits per heavy atom. The van der Waals surface area contributed by atoms with Gasteiger partial charge >= 0.3 is 5.97 Å². The summed E-state index contributed by atoms with van der Waals surface area (Å²) in [6.45, 7) is 2.49. The van der Waals surface area contributed by atoms with Crippen molar-refractivity contribution in [2.45, 2.75) is 19.8 Å². The van der Waals surface area contributed by atoms with Crippen LogP contribution >= 0.6 is 0 Å². The van der Waals surface area contributed by atoms with E-state index in [-0.39, 0.29) is 5.91 Å². The van der Waals surface area contributed by atoms with Gasteiger partial charge < -0.3 is 14.8 Å². The van der Waals surface area contributed by atoms with E-state index in [1.54, 1.807) is 24.3 Å². The van der Waals surface area contributed by atoms with Crippen LogP contribution in [0.1, 0.15) is 28.8 Å². The number of carbonyl (C=O) groups is 2. The van der Waals surface area contributed by atoms with Crippen molar-refractivity contribution in [1.29, 1.82) is 0 Å². The lowest BCUT2D eigenvalue weighted by molar-refractivity contribution is -0.116. The summed E-state index contributed by atoms with van der Waals surface area (Å²) in [5.41, 5.74) is 2.15. The Kier molecular flexibility index (Phi) is 6.37. The molecule has 0 saturated heterocycles. The molecule has 5 nitrogen and oxygen atoms in total.